The number of rotatable bonds is 8. The van der Waals surface area contributed by atoms with Gasteiger partial charge in [-0.2, -0.15) is 0 Å². The average Bonchev–Trinajstić information content (AvgIpc) is 2.34. The molecule has 2 atom stereocenters. The maximum Gasteiger partial charge on any atom is 0.0700 e. The Labute approximate surface area is 105 Å². The predicted octanol–water partition coefficient (Wildman–Crippen LogP) is 1.24. The van der Waals surface area contributed by atoms with Crippen LogP contribution in [0, 0.1) is 0 Å². The van der Waals surface area contributed by atoms with Gasteiger partial charge in [0.15, 0.2) is 0 Å². The van der Waals surface area contributed by atoms with Crippen LogP contribution in [0.15, 0.2) is 0 Å². The second-order valence-corrected chi connectivity index (χ2v) is 4.95. The Kier molecular flexibility index (Phi) is 7.77. The van der Waals surface area contributed by atoms with Gasteiger partial charge in [-0.3, -0.25) is 0 Å². The van der Waals surface area contributed by atoms with E-state index in [4.69, 9.17) is 15.2 Å². The lowest BCUT2D eigenvalue weighted by atomic mass is 9.90. The second kappa shape index (κ2) is 8.86. The number of likely N-dealkylation sites (N-methyl/N-ethyl adjacent to an activating group) is 1. The van der Waals surface area contributed by atoms with E-state index in [1.165, 1.54) is 25.7 Å². The topological polar surface area (TPSA) is 47.7 Å². The van der Waals surface area contributed by atoms with Gasteiger partial charge in [0.2, 0.25) is 0 Å². The Balaban J connectivity index is 2.05. The first-order valence-electron chi connectivity index (χ1n) is 6.78. The number of hydrogen-bond acceptors (Lipinski definition) is 4. The van der Waals surface area contributed by atoms with E-state index in [1.54, 1.807) is 7.11 Å². The maximum atomic E-state index is 6.16. The van der Waals surface area contributed by atoms with Gasteiger partial charge >= 0.3 is 0 Å². The van der Waals surface area contributed by atoms with Crippen molar-refractivity contribution < 1.29 is 9.47 Å². The van der Waals surface area contributed by atoms with Crippen molar-refractivity contribution >= 4 is 0 Å². The van der Waals surface area contributed by atoms with Gasteiger partial charge < -0.3 is 20.1 Å². The van der Waals surface area contributed by atoms with E-state index in [2.05, 4.69) is 11.9 Å². The second-order valence-electron chi connectivity index (χ2n) is 4.95. The van der Waals surface area contributed by atoms with E-state index in [0.29, 0.717) is 25.3 Å². The van der Waals surface area contributed by atoms with Gasteiger partial charge in [-0.1, -0.05) is 12.8 Å². The van der Waals surface area contributed by atoms with Crippen molar-refractivity contribution in [1.82, 2.24) is 4.90 Å². The molecule has 2 N–H and O–H groups in total. The number of nitrogens with two attached hydrogens (primary N) is 1. The molecule has 0 heterocycles. The molecule has 4 heteroatoms. The van der Waals surface area contributed by atoms with Crippen LogP contribution in [0.25, 0.3) is 0 Å². The molecule has 1 rings (SSSR count). The zero-order valence-corrected chi connectivity index (χ0v) is 11.4. The van der Waals surface area contributed by atoms with Crippen molar-refractivity contribution in [2.24, 2.45) is 5.73 Å². The summed E-state index contributed by atoms with van der Waals surface area (Å²) in [5.74, 6) is 0. The first kappa shape index (κ1) is 14.9. The molecule has 0 spiro atoms. The highest BCUT2D eigenvalue weighted by Crippen LogP contribution is 2.20. The van der Waals surface area contributed by atoms with Crippen LogP contribution in [-0.4, -0.2) is 57.5 Å². The molecule has 0 aromatic rings. The fourth-order valence-corrected chi connectivity index (χ4v) is 2.51. The average molecular weight is 244 g/mol. The summed E-state index contributed by atoms with van der Waals surface area (Å²) in [5, 5.41) is 0. The SMILES string of the molecule is COCCOCCCN(C)C1CCCCC1N. The maximum absolute atomic E-state index is 6.16. The summed E-state index contributed by atoms with van der Waals surface area (Å²) in [4.78, 5) is 2.41. The number of methoxy groups -OCH3 is 1. The van der Waals surface area contributed by atoms with Crippen LogP contribution < -0.4 is 5.73 Å². The zero-order chi connectivity index (χ0) is 12.5. The standard InChI is InChI=1S/C13H28N2O2/c1-15(8-5-9-17-11-10-16-2)13-7-4-3-6-12(13)14/h12-13H,3-11,14H2,1-2H3. The van der Waals surface area contributed by atoms with Crippen molar-refractivity contribution in [3.8, 4) is 0 Å². The third-order valence-corrected chi connectivity index (χ3v) is 3.58. The van der Waals surface area contributed by atoms with Crippen LogP contribution in [-0.2, 0) is 9.47 Å². The number of nitrogens with zero attached hydrogens (tertiary/aromatic N) is 1. The first-order chi connectivity index (χ1) is 8.25. The molecule has 0 saturated heterocycles. The van der Waals surface area contributed by atoms with E-state index in [-0.39, 0.29) is 0 Å². The molecule has 0 aromatic carbocycles. The Morgan fingerprint density at radius 3 is 2.65 bits per heavy atom. The summed E-state index contributed by atoms with van der Waals surface area (Å²) in [7, 11) is 3.88. The third kappa shape index (κ3) is 5.82. The highest BCUT2D eigenvalue weighted by molar-refractivity contribution is 4.84. The molecule has 0 bridgehead atoms. The van der Waals surface area contributed by atoms with E-state index < -0.39 is 0 Å². The molecule has 17 heavy (non-hydrogen) atoms. The van der Waals surface area contributed by atoms with Crippen molar-refractivity contribution in [3.63, 3.8) is 0 Å². The fourth-order valence-electron chi connectivity index (χ4n) is 2.51. The van der Waals surface area contributed by atoms with E-state index in [9.17, 15) is 0 Å². The molecule has 0 radical (unpaired) electrons. The summed E-state index contributed by atoms with van der Waals surface area (Å²) in [6, 6.07) is 0.936. The summed E-state index contributed by atoms with van der Waals surface area (Å²) in [6.45, 7) is 3.27. The summed E-state index contributed by atoms with van der Waals surface area (Å²) in [5.41, 5.74) is 6.16. The van der Waals surface area contributed by atoms with Gasteiger partial charge in [0.1, 0.15) is 0 Å². The fraction of sp³-hybridized carbons (Fsp3) is 1.00. The molecule has 102 valence electrons. The molecular weight excluding hydrogens is 216 g/mol. The Morgan fingerprint density at radius 1 is 1.18 bits per heavy atom. The third-order valence-electron chi connectivity index (χ3n) is 3.58. The van der Waals surface area contributed by atoms with Gasteiger partial charge in [0.25, 0.3) is 0 Å². The lowest BCUT2D eigenvalue weighted by molar-refractivity contribution is 0.0623. The summed E-state index contributed by atoms with van der Waals surface area (Å²) < 4.78 is 10.4. The molecule has 4 nitrogen and oxygen atoms in total. The van der Waals surface area contributed by atoms with Crippen LogP contribution in [0.2, 0.25) is 0 Å². The smallest absolute Gasteiger partial charge is 0.0700 e. The van der Waals surface area contributed by atoms with Gasteiger partial charge in [0, 0.05) is 32.3 Å². The molecule has 0 aliphatic heterocycles. The Bertz CT molecular complexity index is 190. The summed E-state index contributed by atoms with van der Waals surface area (Å²) in [6.07, 6.45) is 6.13. The largest absolute Gasteiger partial charge is 0.382 e. The quantitative estimate of drug-likeness (QED) is 0.653. The number of hydrogen-bond donors (Lipinski definition) is 1. The molecule has 1 fully saturated rings. The van der Waals surface area contributed by atoms with Gasteiger partial charge in [-0.05, 0) is 26.3 Å². The summed E-state index contributed by atoms with van der Waals surface area (Å²) >= 11 is 0. The molecular formula is C13H28N2O2. The molecule has 1 saturated carbocycles. The van der Waals surface area contributed by atoms with Gasteiger partial charge in [-0.15, -0.1) is 0 Å². The van der Waals surface area contributed by atoms with Crippen LogP contribution in [0.1, 0.15) is 32.1 Å². The van der Waals surface area contributed by atoms with E-state index >= 15 is 0 Å². The number of ether oxygens (including phenoxy) is 2. The zero-order valence-electron chi connectivity index (χ0n) is 11.4. The van der Waals surface area contributed by atoms with Crippen LogP contribution >= 0.6 is 0 Å². The van der Waals surface area contributed by atoms with Gasteiger partial charge in [0.05, 0.1) is 13.2 Å². The first-order valence-corrected chi connectivity index (χ1v) is 6.78. The van der Waals surface area contributed by atoms with E-state index in [0.717, 1.165) is 19.6 Å². The van der Waals surface area contributed by atoms with Crippen molar-refractivity contribution in [2.75, 3.05) is 40.5 Å². The molecule has 2 unspecified atom stereocenters. The van der Waals surface area contributed by atoms with Crippen LogP contribution in [0.5, 0.6) is 0 Å². The molecule has 1 aliphatic carbocycles. The monoisotopic (exact) mass is 244 g/mol. The highest BCUT2D eigenvalue weighted by Gasteiger charge is 2.24. The lowest BCUT2D eigenvalue weighted by Gasteiger charge is -2.36. The molecule has 1 aliphatic rings. The predicted molar refractivity (Wildman–Crippen MR) is 70.2 cm³/mol. The van der Waals surface area contributed by atoms with E-state index in [1.807, 2.05) is 0 Å². The van der Waals surface area contributed by atoms with Crippen molar-refractivity contribution in [3.05, 3.63) is 0 Å². The molecule has 0 aromatic heterocycles. The minimum Gasteiger partial charge on any atom is -0.382 e. The van der Waals surface area contributed by atoms with Crippen molar-refractivity contribution in [1.29, 1.82) is 0 Å². The van der Waals surface area contributed by atoms with Crippen LogP contribution in [0.3, 0.4) is 0 Å². The van der Waals surface area contributed by atoms with Crippen LogP contribution in [0.4, 0.5) is 0 Å². The minimum absolute atomic E-state index is 0.364. The van der Waals surface area contributed by atoms with Gasteiger partial charge in [-0.25, -0.2) is 0 Å². The lowest BCUT2D eigenvalue weighted by Crippen LogP contribution is -2.48. The molecule has 0 amide bonds. The minimum atomic E-state index is 0.364. The highest BCUT2D eigenvalue weighted by atomic mass is 16.5. The normalized spacial score (nSPS) is 25.4. The Hall–Kier alpha value is -0.160. The Morgan fingerprint density at radius 2 is 1.94 bits per heavy atom. The van der Waals surface area contributed by atoms with Crippen molar-refractivity contribution in [2.45, 2.75) is 44.2 Å².